The number of carbonyl (C=O) groups excluding carboxylic acids is 1. The maximum Gasteiger partial charge on any atom is 0.255 e. The van der Waals surface area contributed by atoms with Crippen molar-refractivity contribution in [3.05, 3.63) is 29.3 Å². The molecule has 0 N–H and O–H groups in total. The van der Waals surface area contributed by atoms with Crippen molar-refractivity contribution >= 4 is 11.6 Å². The minimum absolute atomic E-state index is 0.0589. The van der Waals surface area contributed by atoms with Crippen molar-refractivity contribution in [1.29, 1.82) is 5.26 Å². The minimum Gasteiger partial charge on any atom is -0.379 e. The Morgan fingerprint density at radius 2 is 2.14 bits per heavy atom. The van der Waals surface area contributed by atoms with Crippen LogP contribution >= 0.6 is 0 Å². The van der Waals surface area contributed by atoms with Gasteiger partial charge in [-0.3, -0.25) is 4.79 Å². The highest BCUT2D eigenvalue weighted by Gasteiger charge is 2.36. The Labute approximate surface area is 132 Å². The number of carbonyl (C=O) groups is 1. The van der Waals surface area contributed by atoms with E-state index in [2.05, 4.69) is 6.07 Å². The van der Waals surface area contributed by atoms with Crippen LogP contribution < -0.4 is 4.90 Å². The number of hydrogen-bond donors (Lipinski definition) is 0. The molecule has 0 fully saturated rings. The Kier molecular flexibility index (Phi) is 5.04. The lowest BCUT2D eigenvalue weighted by Gasteiger charge is -2.20. The second kappa shape index (κ2) is 6.80. The fourth-order valence-corrected chi connectivity index (χ4v) is 2.61. The van der Waals surface area contributed by atoms with Crippen molar-refractivity contribution in [3.8, 4) is 6.07 Å². The van der Waals surface area contributed by atoms with Gasteiger partial charge in [-0.2, -0.15) is 5.26 Å². The fourth-order valence-electron chi connectivity index (χ4n) is 2.61. The number of fused-ring (bicyclic) bond motifs is 1. The molecule has 0 aliphatic carbocycles. The molecule has 5 nitrogen and oxygen atoms in total. The van der Waals surface area contributed by atoms with E-state index in [1.165, 1.54) is 0 Å². The van der Waals surface area contributed by atoms with Crippen LogP contribution in [0.25, 0.3) is 0 Å². The zero-order valence-corrected chi connectivity index (χ0v) is 13.7. The number of hydrogen-bond acceptors (Lipinski definition) is 4. The highest BCUT2D eigenvalue weighted by molar-refractivity contribution is 6.00. The molecule has 1 heterocycles. The summed E-state index contributed by atoms with van der Waals surface area (Å²) in [5, 5.41) is 9.49. The zero-order chi connectivity index (χ0) is 16.3. The van der Waals surface area contributed by atoms with E-state index in [1.54, 1.807) is 4.90 Å². The Morgan fingerprint density at radius 1 is 1.41 bits per heavy atom. The van der Waals surface area contributed by atoms with Crippen LogP contribution in [-0.2, 0) is 4.74 Å². The molecule has 0 spiro atoms. The van der Waals surface area contributed by atoms with Gasteiger partial charge >= 0.3 is 0 Å². The van der Waals surface area contributed by atoms with Crippen molar-refractivity contribution in [1.82, 2.24) is 4.90 Å². The van der Waals surface area contributed by atoms with Crippen LogP contribution in [0.2, 0.25) is 0 Å². The number of amides is 1. The smallest absolute Gasteiger partial charge is 0.255 e. The summed E-state index contributed by atoms with van der Waals surface area (Å²) in [5.74, 6) is -0.0589. The van der Waals surface area contributed by atoms with Crippen LogP contribution in [0, 0.1) is 11.3 Å². The molecule has 2 rings (SSSR count). The molecule has 5 heteroatoms. The third-order valence-electron chi connectivity index (χ3n) is 3.77. The number of anilines is 1. The molecule has 1 atom stereocenters. The Bertz CT molecular complexity index is 590. The average Bonchev–Trinajstić information content (AvgIpc) is 2.75. The van der Waals surface area contributed by atoms with E-state index in [4.69, 9.17) is 4.74 Å². The number of benzene rings is 1. The van der Waals surface area contributed by atoms with Gasteiger partial charge in [0.2, 0.25) is 0 Å². The van der Waals surface area contributed by atoms with Gasteiger partial charge in [-0.15, -0.1) is 0 Å². The third kappa shape index (κ3) is 3.23. The Morgan fingerprint density at radius 3 is 2.73 bits per heavy atom. The van der Waals surface area contributed by atoms with Crippen molar-refractivity contribution in [2.75, 3.05) is 32.1 Å². The number of rotatable bonds is 6. The highest BCUT2D eigenvalue weighted by Crippen LogP contribution is 2.35. The normalized spacial score (nSPS) is 16.8. The topological polar surface area (TPSA) is 56.6 Å². The van der Waals surface area contributed by atoms with E-state index in [1.807, 2.05) is 51.0 Å². The molecule has 0 saturated heterocycles. The van der Waals surface area contributed by atoms with Crippen LogP contribution in [0.1, 0.15) is 42.2 Å². The third-order valence-corrected chi connectivity index (χ3v) is 3.77. The van der Waals surface area contributed by atoms with Crippen molar-refractivity contribution in [2.45, 2.75) is 32.4 Å². The molecular formula is C17H23N3O2. The van der Waals surface area contributed by atoms with E-state index in [-0.39, 0.29) is 12.0 Å². The molecule has 1 amide bonds. The van der Waals surface area contributed by atoms with Crippen molar-refractivity contribution < 1.29 is 9.53 Å². The number of ether oxygens (including phenoxy) is 1. The van der Waals surface area contributed by atoms with Gasteiger partial charge < -0.3 is 14.5 Å². The minimum atomic E-state index is -0.499. The van der Waals surface area contributed by atoms with Gasteiger partial charge in [-0.05, 0) is 38.5 Å². The molecule has 118 valence electrons. The van der Waals surface area contributed by atoms with Crippen LogP contribution in [0.5, 0.6) is 0 Å². The molecule has 0 aromatic heterocycles. The molecule has 1 aromatic carbocycles. The first-order valence-electron chi connectivity index (χ1n) is 7.59. The summed E-state index contributed by atoms with van der Waals surface area (Å²) in [6.45, 7) is 5.10. The summed E-state index contributed by atoms with van der Waals surface area (Å²) in [7, 11) is 3.89. The largest absolute Gasteiger partial charge is 0.379 e. The molecule has 0 saturated carbocycles. The van der Waals surface area contributed by atoms with E-state index < -0.39 is 6.04 Å². The maximum atomic E-state index is 12.5. The van der Waals surface area contributed by atoms with Crippen molar-refractivity contribution in [3.63, 3.8) is 0 Å². The maximum absolute atomic E-state index is 12.5. The zero-order valence-electron chi connectivity index (χ0n) is 13.7. The molecule has 1 aliphatic rings. The number of nitriles is 1. The Balaban J connectivity index is 2.14. The molecule has 0 bridgehead atoms. The summed E-state index contributed by atoms with van der Waals surface area (Å²) in [4.78, 5) is 16.1. The average molecular weight is 301 g/mol. The van der Waals surface area contributed by atoms with Gasteiger partial charge in [-0.25, -0.2) is 0 Å². The first-order valence-corrected chi connectivity index (χ1v) is 7.59. The van der Waals surface area contributed by atoms with Gasteiger partial charge in [0, 0.05) is 44.1 Å². The van der Waals surface area contributed by atoms with E-state index >= 15 is 0 Å². The van der Waals surface area contributed by atoms with Crippen LogP contribution in [0.3, 0.4) is 0 Å². The number of nitrogens with zero attached hydrogens (tertiary/aromatic N) is 3. The Hall–Kier alpha value is -2.06. The van der Waals surface area contributed by atoms with E-state index in [0.29, 0.717) is 18.7 Å². The van der Waals surface area contributed by atoms with Gasteiger partial charge in [-0.1, -0.05) is 0 Å². The molecule has 1 aliphatic heterocycles. The monoisotopic (exact) mass is 301 g/mol. The van der Waals surface area contributed by atoms with E-state index in [0.717, 1.165) is 17.7 Å². The first kappa shape index (κ1) is 16.3. The van der Waals surface area contributed by atoms with Crippen LogP contribution in [0.4, 0.5) is 5.69 Å². The van der Waals surface area contributed by atoms with Crippen LogP contribution in [0.15, 0.2) is 18.2 Å². The second-order valence-corrected chi connectivity index (χ2v) is 5.97. The van der Waals surface area contributed by atoms with Crippen LogP contribution in [-0.4, -0.2) is 44.2 Å². The van der Waals surface area contributed by atoms with Gasteiger partial charge in [0.05, 0.1) is 12.2 Å². The highest BCUT2D eigenvalue weighted by atomic mass is 16.5. The van der Waals surface area contributed by atoms with Crippen molar-refractivity contribution in [2.24, 2.45) is 0 Å². The summed E-state index contributed by atoms with van der Waals surface area (Å²) in [5.41, 5.74) is 2.45. The molecule has 0 radical (unpaired) electrons. The first-order chi connectivity index (χ1) is 10.5. The van der Waals surface area contributed by atoms with Gasteiger partial charge in [0.1, 0.15) is 6.04 Å². The molecule has 1 unspecified atom stereocenters. The quantitative estimate of drug-likeness (QED) is 0.758. The fraction of sp³-hybridized carbons (Fsp3) is 0.529. The SMILES string of the molecule is CC(C)OCCCN1C(=O)c2ccc(N(C)C)cc2C1C#N. The van der Waals surface area contributed by atoms with E-state index in [9.17, 15) is 10.1 Å². The predicted molar refractivity (Wildman–Crippen MR) is 85.9 cm³/mol. The lowest BCUT2D eigenvalue weighted by atomic mass is 10.0. The second-order valence-electron chi connectivity index (χ2n) is 5.97. The summed E-state index contributed by atoms with van der Waals surface area (Å²) in [6.07, 6.45) is 0.914. The molecule has 22 heavy (non-hydrogen) atoms. The van der Waals surface area contributed by atoms with Gasteiger partial charge in [0.15, 0.2) is 0 Å². The molecular weight excluding hydrogens is 278 g/mol. The van der Waals surface area contributed by atoms with Gasteiger partial charge in [0.25, 0.3) is 5.91 Å². The predicted octanol–water partition coefficient (Wildman–Crippen LogP) is 2.59. The summed E-state index contributed by atoms with van der Waals surface area (Å²) >= 11 is 0. The standard InChI is InChI=1S/C17H23N3O2/c1-12(2)22-9-5-8-20-16(11-18)15-10-13(19(3)4)6-7-14(15)17(20)21/h6-7,10,12,16H,5,8-9H2,1-4H3. The molecule has 1 aromatic rings. The lowest BCUT2D eigenvalue weighted by molar-refractivity contribution is 0.0611. The summed E-state index contributed by atoms with van der Waals surface area (Å²) < 4.78 is 5.51. The lowest BCUT2D eigenvalue weighted by Crippen LogP contribution is -2.29. The summed E-state index contributed by atoms with van der Waals surface area (Å²) in [6, 6.07) is 7.43.